The van der Waals surface area contributed by atoms with E-state index in [1.807, 2.05) is 6.92 Å². The first-order valence-electron chi connectivity index (χ1n) is 9.62. The lowest BCUT2D eigenvalue weighted by Crippen LogP contribution is -2.49. The summed E-state index contributed by atoms with van der Waals surface area (Å²) in [5.74, 6) is 0.584. The molecule has 2 bridgehead atoms. The SMILES string of the molecule is CCCCOC(=O)[C@@H]1[C@H]2CC[C@@H](C2)N1S(=O)(=O)c1ccc2c(c1)OCCO2. The third-order valence-corrected chi connectivity index (χ3v) is 7.53. The maximum absolute atomic E-state index is 13.4. The van der Waals surface area contributed by atoms with Crippen molar-refractivity contribution in [3.8, 4) is 11.5 Å². The Kier molecular flexibility index (Phi) is 5.03. The van der Waals surface area contributed by atoms with E-state index in [4.69, 9.17) is 14.2 Å². The van der Waals surface area contributed by atoms with Gasteiger partial charge < -0.3 is 14.2 Å². The van der Waals surface area contributed by atoms with Crippen LogP contribution >= 0.6 is 0 Å². The summed E-state index contributed by atoms with van der Waals surface area (Å²) in [4.78, 5) is 12.8. The van der Waals surface area contributed by atoms with E-state index < -0.39 is 22.0 Å². The third kappa shape index (κ3) is 3.29. The van der Waals surface area contributed by atoms with Crippen molar-refractivity contribution in [2.45, 2.75) is 56.0 Å². The van der Waals surface area contributed by atoms with Crippen LogP contribution in [0.5, 0.6) is 11.5 Å². The molecule has 27 heavy (non-hydrogen) atoms. The van der Waals surface area contributed by atoms with Crippen molar-refractivity contribution in [2.75, 3.05) is 19.8 Å². The topological polar surface area (TPSA) is 82.1 Å². The number of esters is 1. The Hall–Kier alpha value is -1.80. The number of carbonyl (C=O) groups excluding carboxylic acids is 1. The Bertz CT molecular complexity index is 823. The van der Waals surface area contributed by atoms with Gasteiger partial charge >= 0.3 is 5.97 Å². The molecule has 148 valence electrons. The molecule has 0 radical (unpaired) electrons. The highest BCUT2D eigenvalue weighted by molar-refractivity contribution is 7.89. The molecule has 2 fully saturated rings. The van der Waals surface area contributed by atoms with Crippen LogP contribution in [0.2, 0.25) is 0 Å². The Morgan fingerprint density at radius 3 is 2.78 bits per heavy atom. The molecular formula is C19H25NO6S. The quantitative estimate of drug-likeness (QED) is 0.543. The molecule has 1 aliphatic carbocycles. The lowest BCUT2D eigenvalue weighted by Gasteiger charge is -2.33. The Labute approximate surface area is 159 Å². The summed E-state index contributed by atoms with van der Waals surface area (Å²) in [6, 6.07) is 3.77. The van der Waals surface area contributed by atoms with E-state index in [9.17, 15) is 13.2 Å². The molecule has 0 unspecified atom stereocenters. The number of sulfonamides is 1. The first-order valence-corrected chi connectivity index (χ1v) is 11.1. The number of piperidine rings is 1. The lowest BCUT2D eigenvalue weighted by molar-refractivity contribution is -0.149. The van der Waals surface area contributed by atoms with Crippen LogP contribution in [0, 0.1) is 5.92 Å². The van der Waals surface area contributed by atoms with E-state index in [0.717, 1.165) is 32.1 Å². The van der Waals surface area contributed by atoms with Crippen molar-refractivity contribution < 1.29 is 27.4 Å². The Balaban J connectivity index is 1.62. The smallest absolute Gasteiger partial charge is 0.324 e. The van der Waals surface area contributed by atoms with E-state index in [-0.39, 0.29) is 16.9 Å². The van der Waals surface area contributed by atoms with Crippen LogP contribution in [0.15, 0.2) is 23.1 Å². The van der Waals surface area contributed by atoms with Gasteiger partial charge in [-0.1, -0.05) is 13.3 Å². The minimum atomic E-state index is -3.83. The number of rotatable bonds is 6. The molecule has 0 amide bonds. The van der Waals surface area contributed by atoms with Gasteiger partial charge in [0.25, 0.3) is 0 Å². The number of nitrogens with zero attached hydrogens (tertiary/aromatic N) is 1. The molecule has 0 spiro atoms. The molecule has 1 aromatic carbocycles. The van der Waals surface area contributed by atoms with Gasteiger partial charge in [0.2, 0.25) is 10.0 Å². The Morgan fingerprint density at radius 2 is 2.00 bits per heavy atom. The first-order chi connectivity index (χ1) is 13.0. The van der Waals surface area contributed by atoms with E-state index in [2.05, 4.69) is 0 Å². The molecule has 3 atom stereocenters. The second kappa shape index (κ2) is 7.31. The fraction of sp³-hybridized carbons (Fsp3) is 0.632. The largest absolute Gasteiger partial charge is 0.486 e. The second-order valence-electron chi connectivity index (χ2n) is 7.33. The van der Waals surface area contributed by atoms with Gasteiger partial charge in [0.1, 0.15) is 19.3 Å². The molecule has 1 aromatic rings. The van der Waals surface area contributed by atoms with Gasteiger partial charge in [-0.25, -0.2) is 8.42 Å². The number of ether oxygens (including phenoxy) is 3. The number of carbonyl (C=O) groups is 1. The van der Waals surface area contributed by atoms with E-state index in [1.54, 1.807) is 6.07 Å². The maximum atomic E-state index is 13.4. The number of unbranched alkanes of at least 4 members (excludes halogenated alkanes) is 1. The molecule has 0 aromatic heterocycles. The van der Waals surface area contributed by atoms with Gasteiger partial charge in [0.15, 0.2) is 11.5 Å². The van der Waals surface area contributed by atoms with Gasteiger partial charge in [0, 0.05) is 12.1 Å². The summed E-state index contributed by atoms with van der Waals surface area (Å²) >= 11 is 0. The van der Waals surface area contributed by atoms with Crippen LogP contribution in [-0.2, 0) is 19.6 Å². The number of fused-ring (bicyclic) bond motifs is 3. The van der Waals surface area contributed by atoms with Crippen LogP contribution in [0.25, 0.3) is 0 Å². The van der Waals surface area contributed by atoms with Gasteiger partial charge in [-0.2, -0.15) is 4.31 Å². The van der Waals surface area contributed by atoms with Gasteiger partial charge in [-0.15, -0.1) is 0 Å². The summed E-state index contributed by atoms with van der Waals surface area (Å²) in [7, 11) is -3.83. The summed E-state index contributed by atoms with van der Waals surface area (Å²) in [5, 5.41) is 0. The maximum Gasteiger partial charge on any atom is 0.324 e. The number of hydrogen-bond donors (Lipinski definition) is 0. The fourth-order valence-corrected chi connectivity index (χ4v) is 6.18. The van der Waals surface area contributed by atoms with Crippen LogP contribution in [-0.4, -0.2) is 50.6 Å². The van der Waals surface area contributed by atoms with Gasteiger partial charge in [-0.05, 0) is 43.7 Å². The zero-order chi connectivity index (χ0) is 19.0. The zero-order valence-corrected chi connectivity index (χ0v) is 16.2. The van der Waals surface area contributed by atoms with Crippen LogP contribution in [0.3, 0.4) is 0 Å². The normalized spacial score (nSPS) is 26.9. The Morgan fingerprint density at radius 1 is 1.22 bits per heavy atom. The number of benzene rings is 1. The highest BCUT2D eigenvalue weighted by Gasteiger charge is 2.55. The van der Waals surface area contributed by atoms with Crippen LogP contribution < -0.4 is 9.47 Å². The van der Waals surface area contributed by atoms with Crippen molar-refractivity contribution in [3.05, 3.63) is 18.2 Å². The average Bonchev–Trinajstić information content (AvgIpc) is 3.29. The van der Waals surface area contributed by atoms with Crippen LogP contribution in [0.1, 0.15) is 39.0 Å². The standard InChI is InChI=1S/C19H25NO6S/c1-2-3-8-26-19(21)18-13-4-5-14(11-13)20(18)27(22,23)15-6-7-16-17(12-15)25-10-9-24-16/h6-7,12-14,18H,2-5,8-11H2,1H3/t13-,14-,18-/m0/s1. The van der Waals surface area contributed by atoms with Crippen molar-refractivity contribution in [2.24, 2.45) is 5.92 Å². The van der Waals surface area contributed by atoms with Crippen molar-refractivity contribution >= 4 is 16.0 Å². The van der Waals surface area contributed by atoms with Crippen molar-refractivity contribution in [1.82, 2.24) is 4.31 Å². The zero-order valence-electron chi connectivity index (χ0n) is 15.4. The third-order valence-electron chi connectivity index (χ3n) is 5.60. The van der Waals surface area contributed by atoms with E-state index in [0.29, 0.717) is 31.3 Å². The van der Waals surface area contributed by atoms with Crippen molar-refractivity contribution in [1.29, 1.82) is 0 Å². The predicted octanol–water partition coefficient (Wildman–Crippen LogP) is 2.34. The van der Waals surface area contributed by atoms with E-state index in [1.165, 1.54) is 16.4 Å². The minimum absolute atomic E-state index is 0.0381. The highest BCUT2D eigenvalue weighted by atomic mass is 32.2. The summed E-state index contributed by atoms with van der Waals surface area (Å²) in [5.41, 5.74) is 0. The summed E-state index contributed by atoms with van der Waals surface area (Å²) < 4.78 is 44.5. The molecule has 3 aliphatic rings. The molecule has 2 heterocycles. The molecule has 1 saturated carbocycles. The first kappa shape index (κ1) is 18.6. The number of hydrogen-bond acceptors (Lipinski definition) is 6. The molecular weight excluding hydrogens is 370 g/mol. The molecule has 2 aliphatic heterocycles. The highest BCUT2D eigenvalue weighted by Crippen LogP contribution is 2.46. The minimum Gasteiger partial charge on any atom is -0.486 e. The molecule has 8 heteroatoms. The lowest BCUT2D eigenvalue weighted by atomic mass is 10.0. The monoisotopic (exact) mass is 395 g/mol. The van der Waals surface area contributed by atoms with Gasteiger partial charge in [0.05, 0.1) is 11.5 Å². The molecule has 0 N–H and O–H groups in total. The predicted molar refractivity (Wildman–Crippen MR) is 97.2 cm³/mol. The van der Waals surface area contributed by atoms with Crippen molar-refractivity contribution in [3.63, 3.8) is 0 Å². The van der Waals surface area contributed by atoms with Gasteiger partial charge in [-0.3, -0.25) is 4.79 Å². The molecule has 7 nitrogen and oxygen atoms in total. The molecule has 4 rings (SSSR count). The molecule has 1 saturated heterocycles. The van der Waals surface area contributed by atoms with E-state index >= 15 is 0 Å². The summed E-state index contributed by atoms with van der Waals surface area (Å²) in [6.07, 6.45) is 4.07. The fourth-order valence-electron chi connectivity index (χ4n) is 4.29. The van der Waals surface area contributed by atoms with Crippen LogP contribution in [0.4, 0.5) is 0 Å². The second-order valence-corrected chi connectivity index (χ2v) is 9.18. The summed E-state index contributed by atoms with van der Waals surface area (Å²) in [6.45, 7) is 3.18. The average molecular weight is 395 g/mol.